The maximum Gasteiger partial charge on any atom is -0.0355 e. The molecular weight excluding hydrogens is 781 g/mol. The standard InChI is InChI=1S/C65H130/c1-7-13-19-25-31-34-40-45-51-60(49-43-37-28-22-16-10-4)57-63-55-56-64(58-61(50-44-38-29-23-17-11-5)52-46-41-35-32-26-20-14-8-2)65(63)59-62(53-47-39-30-24-18-12-6)54-48-42-36-33-27-21-15-9-3/h60-65H,7-59H2,1-6H3. The van der Waals surface area contributed by atoms with Crippen LogP contribution in [0.4, 0.5) is 0 Å². The van der Waals surface area contributed by atoms with Gasteiger partial charge in [0.2, 0.25) is 0 Å². The van der Waals surface area contributed by atoms with Crippen molar-refractivity contribution in [2.45, 2.75) is 382 Å². The van der Waals surface area contributed by atoms with Crippen LogP contribution in [0.25, 0.3) is 0 Å². The van der Waals surface area contributed by atoms with Gasteiger partial charge in [0.15, 0.2) is 0 Å². The molecule has 0 heteroatoms. The Morgan fingerprint density at radius 1 is 0.215 bits per heavy atom. The van der Waals surface area contributed by atoms with E-state index >= 15 is 0 Å². The molecule has 1 aliphatic carbocycles. The van der Waals surface area contributed by atoms with Crippen molar-refractivity contribution >= 4 is 0 Å². The minimum Gasteiger partial charge on any atom is -0.0654 e. The molecule has 0 aliphatic heterocycles. The zero-order valence-corrected chi connectivity index (χ0v) is 46.9. The van der Waals surface area contributed by atoms with E-state index in [1.807, 2.05) is 0 Å². The van der Waals surface area contributed by atoms with E-state index in [0.717, 1.165) is 35.5 Å². The van der Waals surface area contributed by atoms with E-state index in [9.17, 15) is 0 Å². The molecular formula is C65H130. The largest absolute Gasteiger partial charge is 0.0654 e. The topological polar surface area (TPSA) is 0 Å². The Kier molecular flexibility index (Phi) is 48.9. The van der Waals surface area contributed by atoms with Gasteiger partial charge in [0, 0.05) is 0 Å². The van der Waals surface area contributed by atoms with Gasteiger partial charge in [0.05, 0.1) is 0 Å². The van der Waals surface area contributed by atoms with Crippen LogP contribution < -0.4 is 0 Å². The smallest absolute Gasteiger partial charge is 0.0355 e. The first-order valence-electron chi connectivity index (χ1n) is 32.1. The summed E-state index contributed by atoms with van der Waals surface area (Å²) in [6.45, 7) is 14.2. The van der Waals surface area contributed by atoms with Crippen LogP contribution in [0.3, 0.4) is 0 Å². The fourth-order valence-electron chi connectivity index (χ4n) is 12.9. The molecule has 5 unspecified atom stereocenters. The van der Waals surface area contributed by atoms with Crippen LogP contribution in [-0.4, -0.2) is 0 Å². The summed E-state index contributed by atoms with van der Waals surface area (Å²) in [5, 5.41) is 0. The van der Waals surface area contributed by atoms with Gasteiger partial charge < -0.3 is 0 Å². The first-order chi connectivity index (χ1) is 32.1. The molecule has 65 heavy (non-hydrogen) atoms. The molecule has 1 aliphatic rings. The lowest BCUT2D eigenvalue weighted by Crippen LogP contribution is -2.23. The lowest BCUT2D eigenvalue weighted by Gasteiger charge is -2.33. The van der Waals surface area contributed by atoms with Gasteiger partial charge in [-0.25, -0.2) is 0 Å². The van der Waals surface area contributed by atoms with Crippen molar-refractivity contribution in [3.05, 3.63) is 0 Å². The highest BCUT2D eigenvalue weighted by Gasteiger charge is 2.39. The normalized spacial score (nSPS) is 17.9. The lowest BCUT2D eigenvalue weighted by molar-refractivity contribution is 0.172. The van der Waals surface area contributed by atoms with Gasteiger partial charge in [-0.1, -0.05) is 350 Å². The van der Waals surface area contributed by atoms with E-state index in [1.54, 1.807) is 70.6 Å². The first kappa shape index (κ1) is 63.0. The van der Waals surface area contributed by atoms with E-state index in [1.165, 1.54) is 270 Å². The minimum atomic E-state index is 1.00. The van der Waals surface area contributed by atoms with Gasteiger partial charge in [0.25, 0.3) is 0 Å². The average molecular weight is 912 g/mol. The molecule has 1 saturated carbocycles. The van der Waals surface area contributed by atoms with Crippen LogP contribution in [0, 0.1) is 35.5 Å². The number of unbranched alkanes of at least 4 members (excludes halogenated alkanes) is 36. The number of hydrogen-bond acceptors (Lipinski definition) is 0. The van der Waals surface area contributed by atoms with Crippen molar-refractivity contribution in [3.63, 3.8) is 0 Å². The van der Waals surface area contributed by atoms with Gasteiger partial charge in [-0.3, -0.25) is 0 Å². The quantitative estimate of drug-likeness (QED) is 0.0534. The molecule has 0 amide bonds. The number of rotatable bonds is 54. The molecule has 0 aromatic carbocycles. The van der Waals surface area contributed by atoms with Crippen molar-refractivity contribution in [2.75, 3.05) is 0 Å². The molecule has 0 saturated heterocycles. The SMILES string of the molecule is CCCCCCCCCCC(CCCCCCCC)CC1CCC(CC(CCCCCCCC)CCCCCCCCCC)C1CC(CCCCCCCC)CCCCCCCCCC. The predicted octanol–water partition coefficient (Wildman–Crippen LogP) is 24.5. The van der Waals surface area contributed by atoms with Crippen molar-refractivity contribution in [1.82, 2.24) is 0 Å². The van der Waals surface area contributed by atoms with Crippen LogP contribution in [0.1, 0.15) is 382 Å². The number of hydrogen-bond donors (Lipinski definition) is 0. The van der Waals surface area contributed by atoms with Crippen LogP contribution in [-0.2, 0) is 0 Å². The third kappa shape index (κ3) is 39.4. The molecule has 0 aromatic heterocycles. The Morgan fingerprint density at radius 2 is 0.385 bits per heavy atom. The van der Waals surface area contributed by atoms with Crippen LogP contribution in [0.2, 0.25) is 0 Å². The molecule has 0 spiro atoms. The molecule has 5 atom stereocenters. The molecule has 0 bridgehead atoms. The van der Waals surface area contributed by atoms with Crippen LogP contribution in [0.5, 0.6) is 0 Å². The molecule has 0 aromatic rings. The zero-order chi connectivity index (χ0) is 46.9. The summed E-state index contributed by atoms with van der Waals surface area (Å²) >= 11 is 0. The molecule has 1 fully saturated rings. The van der Waals surface area contributed by atoms with E-state index in [4.69, 9.17) is 0 Å². The Labute approximate surface area is 415 Å². The zero-order valence-electron chi connectivity index (χ0n) is 46.9. The first-order valence-corrected chi connectivity index (χ1v) is 32.1. The summed E-state index contributed by atoms with van der Waals surface area (Å²) in [5.41, 5.74) is 0. The highest BCUT2D eigenvalue weighted by atomic mass is 14.4. The summed E-state index contributed by atoms with van der Waals surface area (Å²) in [5.74, 6) is 6.11. The molecule has 0 nitrogen and oxygen atoms in total. The van der Waals surface area contributed by atoms with Gasteiger partial charge in [-0.05, 0) is 67.6 Å². The van der Waals surface area contributed by atoms with Crippen molar-refractivity contribution in [3.8, 4) is 0 Å². The van der Waals surface area contributed by atoms with E-state index in [2.05, 4.69) is 41.5 Å². The summed E-state index contributed by atoms with van der Waals surface area (Å²) < 4.78 is 0. The Bertz CT molecular complexity index is 823. The lowest BCUT2D eigenvalue weighted by atomic mass is 9.72. The fourth-order valence-corrected chi connectivity index (χ4v) is 12.9. The second-order valence-corrected chi connectivity index (χ2v) is 23.5. The highest BCUT2D eigenvalue weighted by Crippen LogP contribution is 2.49. The predicted molar refractivity (Wildman–Crippen MR) is 300 cm³/mol. The minimum absolute atomic E-state index is 1.00. The summed E-state index contributed by atoms with van der Waals surface area (Å²) in [4.78, 5) is 0. The highest BCUT2D eigenvalue weighted by molar-refractivity contribution is 4.89. The third-order valence-electron chi connectivity index (χ3n) is 17.3. The molecule has 390 valence electrons. The molecule has 0 heterocycles. The average Bonchev–Trinajstić information content (AvgIpc) is 3.68. The van der Waals surface area contributed by atoms with Gasteiger partial charge >= 0.3 is 0 Å². The van der Waals surface area contributed by atoms with E-state index < -0.39 is 0 Å². The molecule has 0 radical (unpaired) electrons. The van der Waals surface area contributed by atoms with Gasteiger partial charge in [-0.2, -0.15) is 0 Å². The van der Waals surface area contributed by atoms with Crippen molar-refractivity contribution < 1.29 is 0 Å². The summed E-state index contributed by atoms with van der Waals surface area (Å²) in [6.07, 6.45) is 79.2. The monoisotopic (exact) mass is 911 g/mol. The Morgan fingerprint density at radius 3 is 0.585 bits per heavy atom. The van der Waals surface area contributed by atoms with Crippen LogP contribution in [0.15, 0.2) is 0 Å². The van der Waals surface area contributed by atoms with Gasteiger partial charge in [0.1, 0.15) is 0 Å². The fraction of sp³-hybridized carbons (Fsp3) is 1.00. The Hall–Kier alpha value is 0. The van der Waals surface area contributed by atoms with Crippen molar-refractivity contribution in [1.29, 1.82) is 0 Å². The van der Waals surface area contributed by atoms with Crippen molar-refractivity contribution in [2.24, 2.45) is 35.5 Å². The summed E-state index contributed by atoms with van der Waals surface area (Å²) in [7, 11) is 0. The molecule has 0 N–H and O–H groups in total. The maximum atomic E-state index is 2.38. The second-order valence-electron chi connectivity index (χ2n) is 23.5. The van der Waals surface area contributed by atoms with E-state index in [-0.39, 0.29) is 0 Å². The van der Waals surface area contributed by atoms with Gasteiger partial charge in [-0.15, -0.1) is 0 Å². The molecule has 1 rings (SSSR count). The maximum absolute atomic E-state index is 2.38. The summed E-state index contributed by atoms with van der Waals surface area (Å²) in [6, 6.07) is 0. The third-order valence-corrected chi connectivity index (χ3v) is 17.3. The van der Waals surface area contributed by atoms with E-state index in [0.29, 0.717) is 0 Å². The second kappa shape index (κ2) is 50.4. The Balaban J connectivity index is 3.24. The van der Waals surface area contributed by atoms with Crippen LogP contribution >= 0.6 is 0 Å².